The number of benzene rings is 1. The molecule has 1 aromatic carbocycles. The van der Waals surface area contributed by atoms with Crippen LogP contribution >= 0.6 is 0 Å². The highest BCUT2D eigenvalue weighted by Gasteiger charge is 2.23. The van der Waals surface area contributed by atoms with Crippen LogP contribution in [0.1, 0.15) is 49.6 Å². The molecule has 0 aliphatic heterocycles. The second kappa shape index (κ2) is 6.24. The van der Waals surface area contributed by atoms with Crippen LogP contribution in [0.3, 0.4) is 0 Å². The third-order valence-electron chi connectivity index (χ3n) is 3.64. The highest BCUT2D eigenvalue weighted by molar-refractivity contribution is 5.37. The molecule has 0 aromatic heterocycles. The zero-order chi connectivity index (χ0) is 16.1. The number of aromatic hydroxyl groups is 1. The molecule has 0 amide bonds. The van der Waals surface area contributed by atoms with Gasteiger partial charge in [-0.05, 0) is 68.4 Å². The van der Waals surface area contributed by atoms with Crippen molar-refractivity contribution in [2.45, 2.75) is 51.9 Å². The number of aryl methyl sites for hydroxylation is 1. The van der Waals surface area contributed by atoms with Crippen LogP contribution in [-0.4, -0.2) is 29.1 Å². The Kier molecular flexibility index (Phi) is 3.11. The van der Waals surface area contributed by atoms with Gasteiger partial charge in [0.25, 0.3) is 0 Å². The van der Waals surface area contributed by atoms with Crippen LogP contribution in [0.2, 0.25) is 0 Å². The Labute approximate surface area is 116 Å². The number of phenols is 1. The topological polar surface area (TPSA) is 23.5 Å². The van der Waals surface area contributed by atoms with E-state index in [2.05, 4.69) is 4.90 Å². The third-order valence-corrected chi connectivity index (χ3v) is 3.64. The molecular formula is C16H25NO. The fourth-order valence-electron chi connectivity index (χ4n) is 2.74. The molecule has 1 aliphatic rings. The first-order valence-electron chi connectivity index (χ1n) is 9.08. The van der Waals surface area contributed by atoms with E-state index in [1.54, 1.807) is 6.07 Å². The Morgan fingerprint density at radius 2 is 2.11 bits per heavy atom. The smallest absolute Gasteiger partial charge is 0.115 e. The van der Waals surface area contributed by atoms with Gasteiger partial charge in [0.1, 0.15) is 5.75 Å². The summed E-state index contributed by atoms with van der Waals surface area (Å²) in [6, 6.07) is 5.73. The average molecular weight is 255 g/mol. The molecule has 1 N–H and O–H groups in total. The number of rotatable bonds is 5. The van der Waals surface area contributed by atoms with Crippen molar-refractivity contribution in [3.63, 3.8) is 0 Å². The molecule has 0 bridgehead atoms. The van der Waals surface area contributed by atoms with Gasteiger partial charge in [-0.1, -0.05) is 19.9 Å². The molecule has 2 rings (SSSR count). The number of phenolic OH excluding ortho intramolecular Hbond substituents is 1. The maximum absolute atomic E-state index is 9.66. The van der Waals surface area contributed by atoms with Gasteiger partial charge in [0, 0.05) is 11.5 Å². The maximum atomic E-state index is 9.66. The van der Waals surface area contributed by atoms with E-state index in [1.807, 2.05) is 12.1 Å². The SMILES string of the molecule is [3H]CC([3H])CN(CC([3H])C[3H])C1CCc2ccc(O)cc2C1. The Morgan fingerprint density at radius 3 is 2.83 bits per heavy atom. The van der Waals surface area contributed by atoms with E-state index in [9.17, 15) is 5.11 Å². The van der Waals surface area contributed by atoms with Crippen LogP contribution in [0.4, 0.5) is 0 Å². The number of nitrogens with zero attached hydrogens (tertiary/aromatic N) is 1. The standard InChI is InChI=1S/C16H25NO/c1-3-9-17(10-4-2)15-7-5-13-6-8-16(18)12-14(13)11-15/h6,8,12,15,18H,3-5,7,9-11H2,1-2H3/i1T,2T,3T,4T. The van der Waals surface area contributed by atoms with Gasteiger partial charge in [0.05, 0.1) is 0 Å². The average Bonchev–Trinajstić information content (AvgIpc) is 2.53. The number of hydrogen-bond donors (Lipinski definition) is 1. The molecular weight excluding hydrogens is 222 g/mol. The Balaban J connectivity index is 2.10. The van der Waals surface area contributed by atoms with Crippen molar-refractivity contribution < 1.29 is 10.6 Å². The van der Waals surface area contributed by atoms with E-state index in [0.717, 1.165) is 24.8 Å². The second-order valence-corrected chi connectivity index (χ2v) is 4.88. The van der Waals surface area contributed by atoms with E-state index in [0.29, 0.717) is 13.1 Å². The summed E-state index contributed by atoms with van der Waals surface area (Å²) in [5, 5.41) is 9.66. The summed E-state index contributed by atoms with van der Waals surface area (Å²) in [7, 11) is 0. The predicted octanol–water partition coefficient (Wildman–Crippen LogP) is 3.37. The van der Waals surface area contributed by atoms with E-state index in [-0.39, 0.29) is 25.6 Å². The third kappa shape index (κ3) is 3.05. The maximum Gasteiger partial charge on any atom is 0.115 e. The van der Waals surface area contributed by atoms with Gasteiger partial charge in [-0.2, -0.15) is 0 Å². The van der Waals surface area contributed by atoms with Gasteiger partial charge in [-0.25, -0.2) is 0 Å². The van der Waals surface area contributed by atoms with E-state index in [1.165, 1.54) is 5.56 Å². The number of hydrogen-bond acceptors (Lipinski definition) is 2. The zero-order valence-electron chi connectivity index (χ0n) is 14.8. The molecule has 1 aliphatic carbocycles. The largest absolute Gasteiger partial charge is 0.508 e. The molecule has 0 saturated heterocycles. The lowest BCUT2D eigenvalue weighted by Crippen LogP contribution is -2.40. The predicted molar refractivity (Wildman–Crippen MR) is 76.1 cm³/mol. The molecule has 100 valence electrons. The van der Waals surface area contributed by atoms with E-state index >= 15 is 0 Å². The van der Waals surface area contributed by atoms with Crippen molar-refractivity contribution in [3.05, 3.63) is 29.3 Å². The van der Waals surface area contributed by atoms with Gasteiger partial charge in [-0.15, -0.1) is 0 Å². The number of fused-ring (bicyclic) bond motifs is 1. The van der Waals surface area contributed by atoms with Crippen molar-refractivity contribution in [1.29, 1.82) is 0 Å². The molecule has 2 heteroatoms. The highest BCUT2D eigenvalue weighted by atomic mass is 16.3. The lowest BCUT2D eigenvalue weighted by atomic mass is 9.87. The molecule has 18 heavy (non-hydrogen) atoms. The normalized spacial score (nSPS) is 25.5. The summed E-state index contributed by atoms with van der Waals surface area (Å²) < 4.78 is 30.5. The monoisotopic (exact) mass is 255 g/mol. The second-order valence-electron chi connectivity index (χ2n) is 4.88. The minimum Gasteiger partial charge on any atom is -0.508 e. The summed E-state index contributed by atoms with van der Waals surface area (Å²) >= 11 is 0. The van der Waals surface area contributed by atoms with E-state index < -0.39 is 12.8 Å². The van der Waals surface area contributed by atoms with Gasteiger partial charge in [0.2, 0.25) is 0 Å². The Hall–Kier alpha value is -1.02. The van der Waals surface area contributed by atoms with Crippen LogP contribution in [0.15, 0.2) is 18.2 Å². The lowest BCUT2D eigenvalue weighted by Gasteiger charge is -2.35. The molecule has 1 aromatic rings. The van der Waals surface area contributed by atoms with Crippen molar-refractivity contribution in [3.8, 4) is 5.75 Å². The fraction of sp³-hybridized carbons (Fsp3) is 0.625. The van der Waals surface area contributed by atoms with Crippen molar-refractivity contribution in [2.75, 3.05) is 13.1 Å². The van der Waals surface area contributed by atoms with Gasteiger partial charge in [0.15, 0.2) is 0 Å². The zero-order valence-corrected chi connectivity index (χ0v) is 10.8. The molecule has 2 nitrogen and oxygen atoms in total. The van der Waals surface area contributed by atoms with E-state index in [4.69, 9.17) is 5.48 Å². The summed E-state index contributed by atoms with van der Waals surface area (Å²) in [5.74, 6) is 0.278. The first-order valence-corrected chi connectivity index (χ1v) is 6.51. The Bertz CT molecular complexity index is 473. The van der Waals surface area contributed by atoms with Crippen molar-refractivity contribution >= 4 is 0 Å². The summed E-state index contributed by atoms with van der Waals surface area (Å²) in [4.78, 5) is 2.12. The molecule has 0 spiro atoms. The lowest BCUT2D eigenvalue weighted by molar-refractivity contribution is 0.180. The molecule has 0 radical (unpaired) electrons. The van der Waals surface area contributed by atoms with Crippen LogP contribution in [-0.2, 0) is 12.8 Å². The molecule has 0 fully saturated rings. The summed E-state index contributed by atoms with van der Waals surface area (Å²) in [5.41, 5.74) is 2.40. The minimum absolute atomic E-state index is 0.0597. The van der Waals surface area contributed by atoms with Crippen molar-refractivity contribution in [2.24, 2.45) is 0 Å². The highest BCUT2D eigenvalue weighted by Crippen LogP contribution is 2.27. The van der Waals surface area contributed by atoms with Crippen LogP contribution < -0.4 is 0 Å². The summed E-state index contributed by atoms with van der Waals surface area (Å²) in [6.07, 6.45) is 1.77. The summed E-state index contributed by atoms with van der Waals surface area (Å²) in [6.45, 7) is 1.09. The first-order chi connectivity index (χ1) is 10.5. The van der Waals surface area contributed by atoms with Crippen molar-refractivity contribution in [1.82, 2.24) is 4.90 Å². The van der Waals surface area contributed by atoms with Crippen LogP contribution in [0, 0.1) is 0 Å². The minimum atomic E-state index is -0.469. The van der Waals surface area contributed by atoms with Crippen LogP contribution in [0.25, 0.3) is 0 Å². The fourth-order valence-corrected chi connectivity index (χ4v) is 2.74. The molecule has 0 heterocycles. The van der Waals surface area contributed by atoms with Gasteiger partial charge >= 0.3 is 0 Å². The first kappa shape index (κ1) is 8.98. The van der Waals surface area contributed by atoms with Crippen LogP contribution in [0.5, 0.6) is 5.75 Å². The molecule has 3 atom stereocenters. The van der Waals surface area contributed by atoms with Gasteiger partial charge < -0.3 is 10.0 Å². The Morgan fingerprint density at radius 1 is 1.33 bits per heavy atom. The molecule has 3 unspecified atom stereocenters. The van der Waals surface area contributed by atoms with Gasteiger partial charge in [-0.3, -0.25) is 0 Å². The quantitative estimate of drug-likeness (QED) is 0.872. The molecule has 0 saturated carbocycles.